The molecule has 1 aromatic heterocycles. The summed E-state index contributed by atoms with van der Waals surface area (Å²) in [7, 11) is 2.19. The van der Waals surface area contributed by atoms with E-state index in [-0.39, 0.29) is 0 Å². The molecule has 2 aromatic rings. The van der Waals surface area contributed by atoms with Crippen LogP contribution in [0.5, 0.6) is 0 Å². The van der Waals surface area contributed by atoms with E-state index in [2.05, 4.69) is 49.0 Å². The number of benzene rings is 1. The van der Waals surface area contributed by atoms with E-state index in [1.165, 1.54) is 54.5 Å². The number of nitrogens with one attached hydrogen (secondary N) is 1. The van der Waals surface area contributed by atoms with Crippen molar-refractivity contribution in [3.05, 3.63) is 35.0 Å². The molecule has 3 rings (SSSR count). The van der Waals surface area contributed by atoms with E-state index in [4.69, 9.17) is 0 Å². The Morgan fingerprint density at radius 2 is 1.95 bits per heavy atom. The Balaban J connectivity index is 2.01. The molecule has 2 heterocycles. The Morgan fingerprint density at radius 1 is 1.21 bits per heavy atom. The molecule has 0 bridgehead atoms. The van der Waals surface area contributed by atoms with Crippen molar-refractivity contribution < 1.29 is 0 Å². The standard InChI is InChI=1S/C17H24N2/c1-12-4-5-17-16(10-12)15(13(2)19(17)3)11-14-6-8-18-9-7-14/h4-5,10,14,18H,6-9,11H2,1-3H3. The first-order chi connectivity index (χ1) is 9.16. The summed E-state index contributed by atoms with van der Waals surface area (Å²) in [4.78, 5) is 0. The lowest BCUT2D eigenvalue weighted by molar-refractivity contribution is 0.373. The summed E-state index contributed by atoms with van der Waals surface area (Å²) < 4.78 is 2.35. The third kappa shape index (κ3) is 2.30. The highest BCUT2D eigenvalue weighted by atomic mass is 14.9. The van der Waals surface area contributed by atoms with E-state index in [0.717, 1.165) is 5.92 Å². The molecule has 1 N–H and O–H groups in total. The molecule has 0 aliphatic carbocycles. The number of hydrogen-bond donors (Lipinski definition) is 1. The van der Waals surface area contributed by atoms with Crippen LogP contribution in [-0.2, 0) is 13.5 Å². The zero-order valence-corrected chi connectivity index (χ0v) is 12.3. The van der Waals surface area contributed by atoms with E-state index in [1.807, 2.05) is 0 Å². The first kappa shape index (κ1) is 12.7. The Labute approximate surface area is 115 Å². The summed E-state index contributed by atoms with van der Waals surface area (Å²) in [6, 6.07) is 6.85. The van der Waals surface area contributed by atoms with Gasteiger partial charge in [-0.1, -0.05) is 11.6 Å². The zero-order chi connectivity index (χ0) is 13.4. The molecule has 1 saturated heterocycles. The maximum absolute atomic E-state index is 3.46. The van der Waals surface area contributed by atoms with Crippen LogP contribution in [0, 0.1) is 19.8 Å². The van der Waals surface area contributed by atoms with Crippen molar-refractivity contribution in [1.29, 1.82) is 0 Å². The molecule has 0 saturated carbocycles. The van der Waals surface area contributed by atoms with Crippen LogP contribution in [0.1, 0.15) is 29.7 Å². The van der Waals surface area contributed by atoms with E-state index in [9.17, 15) is 0 Å². The van der Waals surface area contributed by atoms with Crippen molar-refractivity contribution >= 4 is 10.9 Å². The molecule has 1 aromatic carbocycles. The molecule has 0 radical (unpaired) electrons. The summed E-state index contributed by atoms with van der Waals surface area (Å²) >= 11 is 0. The number of hydrogen-bond acceptors (Lipinski definition) is 1. The van der Waals surface area contributed by atoms with Crippen LogP contribution in [0.2, 0.25) is 0 Å². The van der Waals surface area contributed by atoms with Crippen LogP contribution in [-0.4, -0.2) is 17.7 Å². The second-order valence-corrected chi connectivity index (χ2v) is 6.04. The monoisotopic (exact) mass is 256 g/mol. The second-order valence-electron chi connectivity index (χ2n) is 6.04. The molecule has 0 amide bonds. The van der Waals surface area contributed by atoms with Crippen molar-refractivity contribution in [2.75, 3.05) is 13.1 Å². The number of nitrogens with zero attached hydrogens (tertiary/aromatic N) is 1. The van der Waals surface area contributed by atoms with Gasteiger partial charge in [-0.25, -0.2) is 0 Å². The van der Waals surface area contributed by atoms with Crippen LogP contribution in [0.15, 0.2) is 18.2 Å². The minimum atomic E-state index is 0.853. The number of piperidine rings is 1. The molecule has 1 aliphatic heterocycles. The summed E-state index contributed by atoms with van der Waals surface area (Å²) in [6.45, 7) is 6.84. The van der Waals surface area contributed by atoms with Crippen molar-refractivity contribution in [2.24, 2.45) is 13.0 Å². The van der Waals surface area contributed by atoms with Crippen molar-refractivity contribution in [1.82, 2.24) is 9.88 Å². The van der Waals surface area contributed by atoms with Gasteiger partial charge in [0.05, 0.1) is 0 Å². The number of rotatable bonds is 2. The smallest absolute Gasteiger partial charge is 0.0482 e. The maximum Gasteiger partial charge on any atom is 0.0482 e. The Bertz CT molecular complexity index is 589. The van der Waals surface area contributed by atoms with Crippen LogP contribution in [0.25, 0.3) is 10.9 Å². The van der Waals surface area contributed by atoms with Crippen molar-refractivity contribution in [3.8, 4) is 0 Å². The summed E-state index contributed by atoms with van der Waals surface area (Å²) in [5, 5.41) is 4.93. The maximum atomic E-state index is 3.46. The predicted molar refractivity (Wildman–Crippen MR) is 81.7 cm³/mol. The third-order valence-electron chi connectivity index (χ3n) is 4.73. The van der Waals surface area contributed by atoms with Gasteiger partial charge in [-0.2, -0.15) is 0 Å². The van der Waals surface area contributed by atoms with Crippen LogP contribution in [0.3, 0.4) is 0 Å². The lowest BCUT2D eigenvalue weighted by atomic mass is 9.89. The average molecular weight is 256 g/mol. The normalized spacial score (nSPS) is 17.2. The Kier molecular flexibility index (Phi) is 3.36. The molecule has 2 nitrogen and oxygen atoms in total. The van der Waals surface area contributed by atoms with E-state index < -0.39 is 0 Å². The topological polar surface area (TPSA) is 17.0 Å². The quantitative estimate of drug-likeness (QED) is 0.872. The van der Waals surface area contributed by atoms with Gasteiger partial charge in [0, 0.05) is 23.6 Å². The van der Waals surface area contributed by atoms with E-state index >= 15 is 0 Å². The molecule has 1 aliphatic rings. The molecular formula is C17H24N2. The minimum Gasteiger partial charge on any atom is -0.348 e. The fraction of sp³-hybridized carbons (Fsp3) is 0.529. The molecule has 19 heavy (non-hydrogen) atoms. The minimum absolute atomic E-state index is 0.853. The SMILES string of the molecule is Cc1ccc2c(c1)c(CC1CCNCC1)c(C)n2C. The number of aromatic nitrogens is 1. The van der Waals surface area contributed by atoms with Crippen LogP contribution < -0.4 is 5.32 Å². The summed E-state index contributed by atoms with van der Waals surface area (Å²) in [5.41, 5.74) is 5.77. The zero-order valence-electron chi connectivity index (χ0n) is 12.3. The van der Waals surface area contributed by atoms with Crippen molar-refractivity contribution in [2.45, 2.75) is 33.1 Å². The fourth-order valence-corrected chi connectivity index (χ4v) is 3.39. The van der Waals surface area contributed by atoms with Gasteiger partial charge < -0.3 is 9.88 Å². The predicted octanol–water partition coefficient (Wildman–Crippen LogP) is 3.34. The van der Waals surface area contributed by atoms with Gasteiger partial charge in [0.1, 0.15) is 0 Å². The Hall–Kier alpha value is -1.28. The molecule has 102 valence electrons. The van der Waals surface area contributed by atoms with Gasteiger partial charge in [0.15, 0.2) is 0 Å². The number of aryl methyl sites for hydroxylation is 2. The van der Waals surface area contributed by atoms with Crippen molar-refractivity contribution in [3.63, 3.8) is 0 Å². The molecule has 0 atom stereocenters. The molecule has 0 unspecified atom stereocenters. The van der Waals surface area contributed by atoms with Crippen LogP contribution >= 0.6 is 0 Å². The average Bonchev–Trinajstić information content (AvgIpc) is 2.65. The summed E-state index contributed by atoms with van der Waals surface area (Å²) in [6.07, 6.45) is 3.89. The fourth-order valence-electron chi connectivity index (χ4n) is 3.39. The first-order valence-corrected chi connectivity index (χ1v) is 7.42. The lowest BCUT2D eigenvalue weighted by Crippen LogP contribution is -2.28. The highest BCUT2D eigenvalue weighted by Gasteiger charge is 2.18. The third-order valence-corrected chi connectivity index (χ3v) is 4.73. The van der Waals surface area contributed by atoms with Gasteiger partial charge in [-0.05, 0) is 69.8 Å². The Morgan fingerprint density at radius 3 is 2.68 bits per heavy atom. The highest BCUT2D eigenvalue weighted by molar-refractivity contribution is 5.86. The lowest BCUT2D eigenvalue weighted by Gasteiger charge is -2.22. The van der Waals surface area contributed by atoms with E-state index in [0.29, 0.717) is 0 Å². The summed E-state index contributed by atoms with van der Waals surface area (Å²) in [5.74, 6) is 0.853. The first-order valence-electron chi connectivity index (χ1n) is 7.42. The molecular weight excluding hydrogens is 232 g/mol. The largest absolute Gasteiger partial charge is 0.348 e. The van der Waals surface area contributed by atoms with E-state index in [1.54, 1.807) is 5.56 Å². The van der Waals surface area contributed by atoms with Gasteiger partial charge in [-0.15, -0.1) is 0 Å². The molecule has 0 spiro atoms. The molecule has 2 heteroatoms. The van der Waals surface area contributed by atoms with Gasteiger partial charge in [0.25, 0.3) is 0 Å². The van der Waals surface area contributed by atoms with Crippen LogP contribution in [0.4, 0.5) is 0 Å². The molecule has 1 fully saturated rings. The van der Waals surface area contributed by atoms with Gasteiger partial charge >= 0.3 is 0 Å². The number of fused-ring (bicyclic) bond motifs is 1. The second kappa shape index (κ2) is 5.01. The highest BCUT2D eigenvalue weighted by Crippen LogP contribution is 2.30. The van der Waals surface area contributed by atoms with Gasteiger partial charge in [-0.3, -0.25) is 0 Å². The van der Waals surface area contributed by atoms with Gasteiger partial charge in [0.2, 0.25) is 0 Å².